The molecule has 0 saturated heterocycles. The Balaban J connectivity index is 2.43. The van der Waals surface area contributed by atoms with Crippen molar-refractivity contribution in [3.8, 4) is 5.75 Å². The van der Waals surface area contributed by atoms with E-state index >= 15 is 0 Å². The molecule has 1 aromatic carbocycles. The Hall–Kier alpha value is -1.10. The largest absolute Gasteiger partial charge is 0.508 e. The van der Waals surface area contributed by atoms with Crippen LogP contribution in [0.3, 0.4) is 0 Å². The van der Waals surface area contributed by atoms with Gasteiger partial charge in [-0.1, -0.05) is 12.1 Å². The number of hydrogen-bond acceptors (Lipinski definition) is 4. The molecule has 2 atom stereocenters. The molecule has 0 aliphatic rings. The van der Waals surface area contributed by atoms with Crippen LogP contribution in [0, 0.1) is 0 Å². The Morgan fingerprint density at radius 1 is 1.24 bits per heavy atom. The van der Waals surface area contributed by atoms with E-state index in [1.165, 1.54) is 0 Å². The van der Waals surface area contributed by atoms with Gasteiger partial charge >= 0.3 is 0 Å². The SMILES string of the molecule is COCC(CNC(C)c1ccc(O)cc1)OC. The van der Waals surface area contributed by atoms with Crippen LogP contribution in [0.15, 0.2) is 24.3 Å². The maximum Gasteiger partial charge on any atom is 0.115 e. The van der Waals surface area contributed by atoms with E-state index in [1.54, 1.807) is 26.4 Å². The Labute approximate surface area is 103 Å². The van der Waals surface area contributed by atoms with Crippen LogP contribution in [0.25, 0.3) is 0 Å². The minimum Gasteiger partial charge on any atom is -0.508 e. The minimum atomic E-state index is 0.0552. The van der Waals surface area contributed by atoms with Crippen molar-refractivity contribution < 1.29 is 14.6 Å². The highest BCUT2D eigenvalue weighted by atomic mass is 16.5. The van der Waals surface area contributed by atoms with Crippen LogP contribution >= 0.6 is 0 Å². The zero-order chi connectivity index (χ0) is 12.7. The van der Waals surface area contributed by atoms with Crippen LogP contribution < -0.4 is 5.32 Å². The second kappa shape index (κ2) is 7.27. The number of phenolic OH excluding ortho intramolecular Hbond substituents is 1. The molecule has 0 radical (unpaired) electrons. The fraction of sp³-hybridized carbons (Fsp3) is 0.538. The van der Waals surface area contributed by atoms with E-state index in [1.807, 2.05) is 12.1 Å². The first kappa shape index (κ1) is 14.0. The molecule has 4 heteroatoms. The van der Waals surface area contributed by atoms with Gasteiger partial charge in [-0.15, -0.1) is 0 Å². The fourth-order valence-electron chi connectivity index (χ4n) is 1.59. The lowest BCUT2D eigenvalue weighted by molar-refractivity contribution is 0.0276. The molecule has 1 rings (SSSR count). The minimum absolute atomic E-state index is 0.0552. The van der Waals surface area contributed by atoms with Gasteiger partial charge in [0.2, 0.25) is 0 Å². The molecule has 4 nitrogen and oxygen atoms in total. The first-order valence-electron chi connectivity index (χ1n) is 5.71. The fourth-order valence-corrected chi connectivity index (χ4v) is 1.59. The molecule has 96 valence electrons. The molecule has 0 fully saturated rings. The maximum atomic E-state index is 9.21. The van der Waals surface area contributed by atoms with Gasteiger partial charge in [0.1, 0.15) is 5.75 Å². The van der Waals surface area contributed by atoms with E-state index in [0.717, 1.165) is 12.1 Å². The first-order valence-corrected chi connectivity index (χ1v) is 5.71. The van der Waals surface area contributed by atoms with Crippen molar-refractivity contribution >= 4 is 0 Å². The summed E-state index contributed by atoms with van der Waals surface area (Å²) in [6.07, 6.45) is 0.0552. The lowest BCUT2D eigenvalue weighted by atomic mass is 10.1. The lowest BCUT2D eigenvalue weighted by Crippen LogP contribution is -2.33. The highest BCUT2D eigenvalue weighted by Gasteiger charge is 2.10. The van der Waals surface area contributed by atoms with E-state index in [4.69, 9.17) is 9.47 Å². The summed E-state index contributed by atoms with van der Waals surface area (Å²) in [5, 5.41) is 12.6. The number of hydrogen-bond donors (Lipinski definition) is 2. The van der Waals surface area contributed by atoms with E-state index in [2.05, 4.69) is 12.2 Å². The molecule has 0 saturated carbocycles. The normalized spacial score (nSPS) is 14.5. The average molecular weight is 239 g/mol. The topological polar surface area (TPSA) is 50.7 Å². The quantitative estimate of drug-likeness (QED) is 0.760. The predicted molar refractivity (Wildman–Crippen MR) is 67.2 cm³/mol. The molecule has 0 aliphatic carbocycles. The summed E-state index contributed by atoms with van der Waals surface area (Å²) in [5.74, 6) is 0.287. The molecule has 1 aromatic rings. The van der Waals surface area contributed by atoms with Crippen molar-refractivity contribution in [3.05, 3.63) is 29.8 Å². The van der Waals surface area contributed by atoms with Gasteiger partial charge in [-0.2, -0.15) is 0 Å². The summed E-state index contributed by atoms with van der Waals surface area (Å²) in [7, 11) is 3.34. The number of phenols is 1. The van der Waals surface area contributed by atoms with Gasteiger partial charge in [0, 0.05) is 26.8 Å². The number of benzene rings is 1. The Morgan fingerprint density at radius 3 is 2.41 bits per heavy atom. The zero-order valence-corrected chi connectivity index (χ0v) is 10.6. The average Bonchev–Trinajstić information content (AvgIpc) is 2.35. The van der Waals surface area contributed by atoms with Crippen molar-refractivity contribution in [1.82, 2.24) is 5.32 Å². The van der Waals surface area contributed by atoms with Crippen molar-refractivity contribution in [2.75, 3.05) is 27.4 Å². The third kappa shape index (κ3) is 4.73. The van der Waals surface area contributed by atoms with Crippen LogP contribution in [0.2, 0.25) is 0 Å². The van der Waals surface area contributed by atoms with Gasteiger partial charge in [0.15, 0.2) is 0 Å². The number of nitrogens with one attached hydrogen (secondary N) is 1. The van der Waals surface area contributed by atoms with Crippen molar-refractivity contribution in [3.63, 3.8) is 0 Å². The van der Waals surface area contributed by atoms with Crippen LogP contribution in [0.1, 0.15) is 18.5 Å². The zero-order valence-electron chi connectivity index (χ0n) is 10.6. The third-order valence-electron chi connectivity index (χ3n) is 2.73. The van der Waals surface area contributed by atoms with Crippen molar-refractivity contribution in [2.45, 2.75) is 19.1 Å². The summed E-state index contributed by atoms with van der Waals surface area (Å²) in [6.45, 7) is 3.38. The van der Waals surface area contributed by atoms with Gasteiger partial charge in [0.05, 0.1) is 12.7 Å². The van der Waals surface area contributed by atoms with Crippen LogP contribution in [-0.2, 0) is 9.47 Å². The molecule has 0 spiro atoms. The smallest absolute Gasteiger partial charge is 0.115 e. The number of methoxy groups -OCH3 is 2. The molecule has 0 aromatic heterocycles. The van der Waals surface area contributed by atoms with Crippen molar-refractivity contribution in [2.24, 2.45) is 0 Å². The highest BCUT2D eigenvalue weighted by molar-refractivity contribution is 5.27. The first-order chi connectivity index (χ1) is 8.17. The molecule has 2 unspecified atom stereocenters. The van der Waals surface area contributed by atoms with Crippen molar-refractivity contribution in [1.29, 1.82) is 0 Å². The number of ether oxygens (including phenoxy) is 2. The summed E-state index contributed by atoms with van der Waals surface area (Å²) >= 11 is 0. The summed E-state index contributed by atoms with van der Waals surface area (Å²) in [6, 6.07) is 7.41. The van der Waals surface area contributed by atoms with E-state index < -0.39 is 0 Å². The molecule has 0 amide bonds. The second-order valence-electron chi connectivity index (χ2n) is 4.03. The predicted octanol–water partition coefficient (Wildman–Crippen LogP) is 1.70. The maximum absolute atomic E-state index is 9.21. The molecular weight excluding hydrogens is 218 g/mol. The number of aromatic hydroxyl groups is 1. The molecule has 2 N–H and O–H groups in total. The van der Waals surface area contributed by atoms with Crippen LogP contribution in [0.4, 0.5) is 0 Å². The Kier molecular flexibility index (Phi) is 5.97. The third-order valence-corrected chi connectivity index (χ3v) is 2.73. The van der Waals surface area contributed by atoms with Gasteiger partial charge in [-0.3, -0.25) is 0 Å². The van der Waals surface area contributed by atoms with Gasteiger partial charge in [0.25, 0.3) is 0 Å². The highest BCUT2D eigenvalue weighted by Crippen LogP contribution is 2.16. The lowest BCUT2D eigenvalue weighted by Gasteiger charge is -2.19. The Bertz CT molecular complexity index is 313. The molecule has 0 heterocycles. The van der Waals surface area contributed by atoms with E-state index in [9.17, 15) is 5.11 Å². The van der Waals surface area contributed by atoms with E-state index in [0.29, 0.717) is 6.61 Å². The Morgan fingerprint density at radius 2 is 1.88 bits per heavy atom. The number of rotatable bonds is 7. The second-order valence-corrected chi connectivity index (χ2v) is 4.03. The summed E-state index contributed by atoms with van der Waals surface area (Å²) < 4.78 is 10.3. The molecule has 0 bridgehead atoms. The van der Waals surface area contributed by atoms with Gasteiger partial charge < -0.3 is 19.9 Å². The van der Waals surface area contributed by atoms with Gasteiger partial charge in [-0.05, 0) is 24.6 Å². The van der Waals surface area contributed by atoms with Gasteiger partial charge in [-0.25, -0.2) is 0 Å². The monoisotopic (exact) mass is 239 g/mol. The summed E-state index contributed by atoms with van der Waals surface area (Å²) in [5.41, 5.74) is 1.13. The standard InChI is InChI=1S/C13H21NO3/c1-10(11-4-6-12(15)7-5-11)14-8-13(17-3)9-16-2/h4-7,10,13-15H,8-9H2,1-3H3. The molecular formula is C13H21NO3. The van der Waals surface area contributed by atoms with Crippen LogP contribution in [0.5, 0.6) is 5.75 Å². The van der Waals surface area contributed by atoms with Crippen LogP contribution in [-0.4, -0.2) is 38.6 Å². The molecule has 0 aliphatic heterocycles. The molecule has 17 heavy (non-hydrogen) atoms. The summed E-state index contributed by atoms with van der Waals surface area (Å²) in [4.78, 5) is 0. The van der Waals surface area contributed by atoms with E-state index in [-0.39, 0.29) is 17.9 Å².